The second-order valence-corrected chi connectivity index (χ2v) is 6.60. The van der Waals surface area contributed by atoms with E-state index < -0.39 is 35.8 Å². The van der Waals surface area contributed by atoms with Gasteiger partial charge in [0.15, 0.2) is 0 Å². The molecule has 5 N–H and O–H groups in total. The third-order valence-electron chi connectivity index (χ3n) is 4.18. The molecule has 0 aromatic heterocycles. The lowest BCUT2D eigenvalue weighted by Crippen LogP contribution is -2.30. The van der Waals surface area contributed by atoms with Gasteiger partial charge in [-0.25, -0.2) is 0 Å². The topological polar surface area (TPSA) is 88.4 Å². The van der Waals surface area contributed by atoms with Gasteiger partial charge in [0.2, 0.25) is 5.91 Å². The molecule has 0 bridgehead atoms. The van der Waals surface area contributed by atoms with Crippen LogP contribution in [0, 0.1) is 0 Å². The summed E-state index contributed by atoms with van der Waals surface area (Å²) in [6, 6.07) is 6.60. The van der Waals surface area contributed by atoms with Crippen LogP contribution < -0.4 is 26.4 Å². The number of nitrogens with two attached hydrogens (primary N) is 1. The van der Waals surface area contributed by atoms with Crippen LogP contribution in [0.2, 0.25) is 0 Å². The number of nitrogen functional groups attached to an aromatic ring is 1. The highest BCUT2D eigenvalue weighted by Crippen LogP contribution is 2.32. The van der Waals surface area contributed by atoms with Crippen LogP contribution in [0.3, 0.4) is 0 Å². The second kappa shape index (κ2) is 9.71. The molecule has 6 nitrogen and oxygen atoms in total. The number of hydrogen-bond donors (Lipinski definition) is 4. The fourth-order valence-electron chi connectivity index (χ4n) is 2.72. The Bertz CT molecular complexity index is 975. The summed E-state index contributed by atoms with van der Waals surface area (Å²) in [4.78, 5) is 11.9. The number of anilines is 2. The van der Waals surface area contributed by atoms with Crippen molar-refractivity contribution in [1.29, 1.82) is 0 Å². The van der Waals surface area contributed by atoms with Gasteiger partial charge in [-0.15, -0.1) is 13.2 Å². The van der Waals surface area contributed by atoms with Crippen molar-refractivity contribution in [3.8, 4) is 5.75 Å². The van der Waals surface area contributed by atoms with Crippen molar-refractivity contribution in [3.05, 3.63) is 66.0 Å². The lowest BCUT2D eigenvalue weighted by atomic mass is 10.0. The predicted molar refractivity (Wildman–Crippen MR) is 106 cm³/mol. The third kappa shape index (κ3) is 7.29. The predicted octanol–water partition coefficient (Wildman–Crippen LogP) is 4.54. The third-order valence-corrected chi connectivity index (χ3v) is 4.18. The van der Waals surface area contributed by atoms with Crippen LogP contribution in [0.4, 0.5) is 37.7 Å². The Kier molecular flexibility index (Phi) is 7.49. The summed E-state index contributed by atoms with van der Waals surface area (Å²) >= 11 is 0. The Morgan fingerprint density at radius 1 is 1.12 bits per heavy atom. The van der Waals surface area contributed by atoms with Crippen molar-refractivity contribution < 1.29 is 35.9 Å². The summed E-state index contributed by atoms with van der Waals surface area (Å²) in [5.41, 5.74) is 5.06. The number of alkyl halides is 6. The van der Waals surface area contributed by atoms with E-state index in [1.54, 1.807) is 0 Å². The molecule has 0 saturated carbocycles. The number of amides is 1. The Hall–Kier alpha value is -3.57. The molecule has 12 heteroatoms. The zero-order chi connectivity index (χ0) is 24.1. The van der Waals surface area contributed by atoms with Crippen LogP contribution in [-0.2, 0) is 11.0 Å². The molecule has 2 aromatic rings. The molecule has 0 heterocycles. The first-order chi connectivity index (χ1) is 14.8. The quantitative estimate of drug-likeness (QED) is 0.342. The SMILES string of the molecule is C=C(Nc1cc(OC(F)(F)F)ccc1N)NC(CC(=O)NC)c1cccc(C(F)(F)F)c1. The van der Waals surface area contributed by atoms with Gasteiger partial charge in [-0.1, -0.05) is 18.7 Å². The molecule has 0 radical (unpaired) electrons. The number of carbonyl (C=O) groups excluding carboxylic acids is 1. The number of hydrogen-bond acceptors (Lipinski definition) is 5. The standard InChI is InChI=1S/C20H20F6N4O2/c1-11(30-17-9-14(6-7-15(17)27)32-20(24,25)26)29-16(10-18(31)28-2)12-4-3-5-13(8-12)19(21,22)23/h3-9,16,29-30H,1,10,27H2,2H3,(H,28,31). The molecule has 0 fully saturated rings. The van der Waals surface area contributed by atoms with Gasteiger partial charge in [0, 0.05) is 13.1 Å². The van der Waals surface area contributed by atoms with E-state index in [0.717, 1.165) is 24.3 Å². The number of halogens is 6. The summed E-state index contributed by atoms with van der Waals surface area (Å²) in [5, 5.41) is 7.79. The fraction of sp³-hybridized carbons (Fsp3) is 0.250. The number of nitrogens with one attached hydrogen (secondary N) is 3. The first kappa shape index (κ1) is 24.7. The van der Waals surface area contributed by atoms with Crippen molar-refractivity contribution >= 4 is 17.3 Å². The van der Waals surface area contributed by atoms with Gasteiger partial charge in [-0.2, -0.15) is 13.2 Å². The Labute approximate surface area is 179 Å². The van der Waals surface area contributed by atoms with E-state index in [4.69, 9.17) is 5.73 Å². The monoisotopic (exact) mass is 462 g/mol. The second-order valence-electron chi connectivity index (χ2n) is 6.60. The highest BCUT2D eigenvalue weighted by Gasteiger charge is 2.32. The van der Waals surface area contributed by atoms with Crippen LogP contribution in [-0.4, -0.2) is 19.3 Å². The number of rotatable bonds is 8. The number of benzene rings is 2. The summed E-state index contributed by atoms with van der Waals surface area (Å²) in [6.45, 7) is 3.67. The zero-order valence-corrected chi connectivity index (χ0v) is 16.7. The maximum absolute atomic E-state index is 13.1. The average Bonchev–Trinajstić information content (AvgIpc) is 2.68. The zero-order valence-electron chi connectivity index (χ0n) is 16.7. The van der Waals surface area contributed by atoms with E-state index in [9.17, 15) is 31.1 Å². The van der Waals surface area contributed by atoms with E-state index >= 15 is 0 Å². The van der Waals surface area contributed by atoms with E-state index in [1.807, 2.05) is 0 Å². The maximum atomic E-state index is 13.1. The van der Waals surface area contributed by atoms with Gasteiger partial charge in [-0.3, -0.25) is 4.79 Å². The van der Waals surface area contributed by atoms with Crippen LogP contribution in [0.1, 0.15) is 23.6 Å². The molecule has 32 heavy (non-hydrogen) atoms. The van der Waals surface area contributed by atoms with Crippen molar-refractivity contribution in [1.82, 2.24) is 10.6 Å². The molecule has 2 aromatic carbocycles. The highest BCUT2D eigenvalue weighted by molar-refractivity contribution is 5.76. The van der Waals surface area contributed by atoms with Gasteiger partial charge in [0.25, 0.3) is 0 Å². The van der Waals surface area contributed by atoms with Crippen molar-refractivity contribution in [2.75, 3.05) is 18.1 Å². The van der Waals surface area contributed by atoms with E-state index in [2.05, 4.69) is 27.3 Å². The van der Waals surface area contributed by atoms with Gasteiger partial charge in [-0.05, 0) is 29.8 Å². The van der Waals surface area contributed by atoms with E-state index in [-0.39, 0.29) is 29.2 Å². The van der Waals surface area contributed by atoms with Crippen LogP contribution in [0.25, 0.3) is 0 Å². The normalized spacial score (nSPS) is 12.6. The Morgan fingerprint density at radius 2 is 1.81 bits per heavy atom. The molecule has 174 valence electrons. The molecular formula is C20H20F6N4O2. The van der Waals surface area contributed by atoms with Gasteiger partial charge >= 0.3 is 12.5 Å². The van der Waals surface area contributed by atoms with Crippen molar-refractivity contribution in [2.45, 2.75) is 25.0 Å². The largest absolute Gasteiger partial charge is 0.573 e. The molecule has 0 aliphatic carbocycles. The molecule has 1 unspecified atom stereocenters. The summed E-state index contributed by atoms with van der Waals surface area (Å²) in [6.07, 6.45) is -9.74. The highest BCUT2D eigenvalue weighted by atomic mass is 19.4. The fourth-order valence-corrected chi connectivity index (χ4v) is 2.72. The Balaban J connectivity index is 2.25. The van der Waals surface area contributed by atoms with Crippen molar-refractivity contribution in [2.24, 2.45) is 0 Å². The molecule has 0 aliphatic heterocycles. The lowest BCUT2D eigenvalue weighted by Gasteiger charge is -2.23. The maximum Gasteiger partial charge on any atom is 0.573 e. The van der Waals surface area contributed by atoms with Crippen LogP contribution >= 0.6 is 0 Å². The first-order valence-corrected chi connectivity index (χ1v) is 9.04. The van der Waals surface area contributed by atoms with Gasteiger partial charge in [0.05, 0.1) is 35.2 Å². The number of ether oxygens (including phenoxy) is 1. The van der Waals surface area contributed by atoms with Crippen molar-refractivity contribution in [3.63, 3.8) is 0 Å². The smallest absolute Gasteiger partial charge is 0.406 e. The molecule has 0 saturated heterocycles. The minimum absolute atomic E-state index is 0.00647. The lowest BCUT2D eigenvalue weighted by molar-refractivity contribution is -0.274. The minimum Gasteiger partial charge on any atom is -0.406 e. The van der Waals surface area contributed by atoms with Gasteiger partial charge < -0.3 is 26.4 Å². The Morgan fingerprint density at radius 3 is 2.41 bits per heavy atom. The van der Waals surface area contributed by atoms with E-state index in [0.29, 0.717) is 0 Å². The van der Waals surface area contributed by atoms with Gasteiger partial charge in [0.1, 0.15) is 5.75 Å². The average molecular weight is 462 g/mol. The molecular weight excluding hydrogens is 442 g/mol. The molecule has 0 spiro atoms. The molecule has 1 atom stereocenters. The number of carbonyl (C=O) groups is 1. The van der Waals surface area contributed by atoms with Crippen LogP contribution in [0.5, 0.6) is 5.75 Å². The summed E-state index contributed by atoms with van der Waals surface area (Å²) in [5.74, 6) is -1.03. The van der Waals surface area contributed by atoms with Crippen LogP contribution in [0.15, 0.2) is 54.9 Å². The molecule has 2 rings (SSSR count). The summed E-state index contributed by atoms with van der Waals surface area (Å²) < 4.78 is 80.4. The summed E-state index contributed by atoms with van der Waals surface area (Å²) in [7, 11) is 1.37. The molecule has 1 amide bonds. The molecule has 0 aliphatic rings. The first-order valence-electron chi connectivity index (χ1n) is 9.04. The minimum atomic E-state index is -4.91. The van der Waals surface area contributed by atoms with E-state index in [1.165, 1.54) is 25.2 Å².